The molecule has 1 aromatic carbocycles. The lowest BCUT2D eigenvalue weighted by molar-refractivity contribution is -0.142. The summed E-state index contributed by atoms with van der Waals surface area (Å²) < 4.78 is 51.4. The van der Waals surface area contributed by atoms with Crippen LogP contribution >= 0.6 is 0 Å². The fraction of sp³-hybridized carbons (Fsp3) is 0.429. The van der Waals surface area contributed by atoms with Crippen molar-refractivity contribution in [2.45, 2.75) is 38.0 Å². The van der Waals surface area contributed by atoms with Gasteiger partial charge in [0.05, 0.1) is 5.56 Å². The van der Waals surface area contributed by atoms with Gasteiger partial charge >= 0.3 is 12.1 Å². The van der Waals surface area contributed by atoms with Gasteiger partial charge in [-0.25, -0.2) is 9.18 Å². The highest BCUT2D eigenvalue weighted by molar-refractivity contribution is 5.97. The molecule has 1 amide bonds. The Balaban J connectivity index is 2.39. The summed E-state index contributed by atoms with van der Waals surface area (Å²) in [6.45, 7) is 1.27. The molecule has 0 saturated heterocycles. The Kier molecular flexibility index (Phi) is 4.12. The molecular weight excluding hydrogens is 306 g/mol. The largest absolute Gasteiger partial charge is 0.480 e. The molecule has 1 atom stereocenters. The Bertz CT molecular complexity index is 611. The van der Waals surface area contributed by atoms with E-state index in [0.29, 0.717) is 31.0 Å². The first-order chi connectivity index (χ1) is 10.1. The number of amides is 1. The van der Waals surface area contributed by atoms with Crippen LogP contribution in [0.15, 0.2) is 18.2 Å². The predicted octanol–water partition coefficient (Wildman–Crippen LogP) is 2.92. The van der Waals surface area contributed by atoms with Gasteiger partial charge in [-0.05, 0) is 38.0 Å². The molecule has 8 heteroatoms. The minimum Gasteiger partial charge on any atom is -0.480 e. The van der Waals surface area contributed by atoms with Crippen molar-refractivity contribution in [3.05, 3.63) is 35.1 Å². The molecule has 0 bridgehead atoms. The third kappa shape index (κ3) is 3.37. The molecule has 1 aromatic rings. The maximum absolute atomic E-state index is 13.4. The van der Waals surface area contributed by atoms with Gasteiger partial charge in [0.15, 0.2) is 0 Å². The molecule has 0 aliphatic heterocycles. The van der Waals surface area contributed by atoms with Gasteiger partial charge in [-0.1, -0.05) is 0 Å². The van der Waals surface area contributed by atoms with E-state index in [1.165, 1.54) is 6.92 Å². The van der Waals surface area contributed by atoms with Gasteiger partial charge < -0.3 is 10.0 Å². The van der Waals surface area contributed by atoms with Gasteiger partial charge in [0.1, 0.15) is 11.9 Å². The summed E-state index contributed by atoms with van der Waals surface area (Å²) in [6.07, 6.45) is -3.64. The van der Waals surface area contributed by atoms with Crippen LogP contribution < -0.4 is 0 Å². The van der Waals surface area contributed by atoms with Crippen molar-refractivity contribution in [1.82, 2.24) is 4.90 Å². The van der Waals surface area contributed by atoms with Gasteiger partial charge in [0.25, 0.3) is 5.91 Å². The van der Waals surface area contributed by atoms with Crippen molar-refractivity contribution < 1.29 is 32.3 Å². The molecule has 1 saturated carbocycles. The highest BCUT2D eigenvalue weighted by Crippen LogP contribution is 2.33. The zero-order valence-corrected chi connectivity index (χ0v) is 11.5. The van der Waals surface area contributed by atoms with E-state index in [-0.39, 0.29) is 6.04 Å². The summed E-state index contributed by atoms with van der Waals surface area (Å²) in [6, 6.07) is -0.0238. The lowest BCUT2D eigenvalue weighted by atomic mass is 10.1. The number of hydrogen-bond donors (Lipinski definition) is 1. The quantitative estimate of drug-likeness (QED) is 0.868. The fourth-order valence-corrected chi connectivity index (χ4v) is 2.16. The zero-order valence-electron chi connectivity index (χ0n) is 11.5. The standard InChI is InChI=1S/C14H13F4NO3/c1-7(13(21)22)19(11-2-3-11)12(20)8-4-9(14(16,17)18)6-10(15)5-8/h4-7,11H,2-3H2,1H3,(H,21,22). The van der Waals surface area contributed by atoms with Crippen molar-refractivity contribution >= 4 is 11.9 Å². The monoisotopic (exact) mass is 319 g/mol. The number of carbonyl (C=O) groups excluding carboxylic acids is 1. The Hall–Kier alpha value is -2.12. The Morgan fingerprint density at radius 1 is 1.27 bits per heavy atom. The maximum Gasteiger partial charge on any atom is 0.416 e. The maximum atomic E-state index is 13.4. The third-order valence-electron chi connectivity index (χ3n) is 3.42. The predicted molar refractivity (Wildman–Crippen MR) is 67.7 cm³/mol. The lowest BCUT2D eigenvalue weighted by Crippen LogP contribution is -2.44. The van der Waals surface area contributed by atoms with Crippen LogP contribution in [0.1, 0.15) is 35.7 Å². The van der Waals surface area contributed by atoms with E-state index in [2.05, 4.69) is 0 Å². The van der Waals surface area contributed by atoms with Crippen LogP contribution in [0.5, 0.6) is 0 Å². The average molecular weight is 319 g/mol. The number of halogens is 4. The second kappa shape index (κ2) is 5.58. The molecule has 1 N–H and O–H groups in total. The van der Waals surface area contributed by atoms with E-state index in [1.54, 1.807) is 0 Å². The van der Waals surface area contributed by atoms with Gasteiger partial charge in [-0.2, -0.15) is 13.2 Å². The molecule has 22 heavy (non-hydrogen) atoms. The molecule has 1 unspecified atom stereocenters. The van der Waals surface area contributed by atoms with Crippen LogP contribution in [0.4, 0.5) is 17.6 Å². The van der Waals surface area contributed by atoms with Crippen LogP contribution in [0.2, 0.25) is 0 Å². The molecule has 0 aromatic heterocycles. The second-order valence-corrected chi connectivity index (χ2v) is 5.18. The topological polar surface area (TPSA) is 57.6 Å². The summed E-state index contributed by atoms with van der Waals surface area (Å²) >= 11 is 0. The first-order valence-corrected chi connectivity index (χ1v) is 6.54. The van der Waals surface area contributed by atoms with E-state index in [4.69, 9.17) is 5.11 Å². The average Bonchev–Trinajstić information content (AvgIpc) is 3.21. The van der Waals surface area contributed by atoms with E-state index in [9.17, 15) is 27.2 Å². The molecule has 1 aliphatic rings. The summed E-state index contributed by atoms with van der Waals surface area (Å²) in [7, 11) is 0. The smallest absolute Gasteiger partial charge is 0.416 e. The minimum atomic E-state index is -4.79. The number of benzene rings is 1. The molecule has 0 spiro atoms. The zero-order chi connectivity index (χ0) is 16.7. The lowest BCUT2D eigenvalue weighted by Gasteiger charge is -2.26. The van der Waals surface area contributed by atoms with Crippen molar-refractivity contribution in [3.63, 3.8) is 0 Å². The molecule has 1 fully saturated rings. The molecule has 0 heterocycles. The van der Waals surface area contributed by atoms with Crippen LogP contribution in [0.3, 0.4) is 0 Å². The van der Waals surface area contributed by atoms with Crippen LogP contribution in [-0.4, -0.2) is 34.0 Å². The Morgan fingerprint density at radius 2 is 1.86 bits per heavy atom. The number of alkyl halides is 3. The molecule has 2 rings (SSSR count). The van der Waals surface area contributed by atoms with E-state index in [0.717, 1.165) is 4.90 Å². The highest BCUT2D eigenvalue weighted by Gasteiger charge is 2.40. The number of rotatable bonds is 4. The van der Waals surface area contributed by atoms with Crippen molar-refractivity contribution in [1.29, 1.82) is 0 Å². The van der Waals surface area contributed by atoms with Crippen LogP contribution in [0.25, 0.3) is 0 Å². The number of aliphatic carboxylic acids is 1. The third-order valence-corrected chi connectivity index (χ3v) is 3.42. The number of hydrogen-bond acceptors (Lipinski definition) is 2. The van der Waals surface area contributed by atoms with Gasteiger partial charge in [-0.3, -0.25) is 4.79 Å². The SMILES string of the molecule is CC(C(=O)O)N(C(=O)c1cc(F)cc(C(F)(F)F)c1)C1CC1. The fourth-order valence-electron chi connectivity index (χ4n) is 2.16. The Labute approximate surface area is 123 Å². The molecule has 1 aliphatic carbocycles. The van der Waals surface area contributed by atoms with E-state index in [1.807, 2.05) is 0 Å². The van der Waals surface area contributed by atoms with Crippen LogP contribution in [-0.2, 0) is 11.0 Å². The van der Waals surface area contributed by atoms with Gasteiger partial charge in [0, 0.05) is 11.6 Å². The Morgan fingerprint density at radius 3 is 2.32 bits per heavy atom. The van der Waals surface area contributed by atoms with Crippen molar-refractivity contribution in [2.75, 3.05) is 0 Å². The van der Waals surface area contributed by atoms with Crippen molar-refractivity contribution in [2.24, 2.45) is 0 Å². The van der Waals surface area contributed by atoms with Gasteiger partial charge in [-0.15, -0.1) is 0 Å². The molecule has 120 valence electrons. The number of carboxylic acid groups (broad SMARTS) is 1. The van der Waals surface area contributed by atoms with E-state index >= 15 is 0 Å². The first-order valence-electron chi connectivity index (χ1n) is 6.54. The second-order valence-electron chi connectivity index (χ2n) is 5.18. The first kappa shape index (κ1) is 16.3. The number of carbonyl (C=O) groups is 2. The molecule has 4 nitrogen and oxygen atoms in total. The summed E-state index contributed by atoms with van der Waals surface area (Å²) in [5.74, 6) is -3.38. The number of carboxylic acids is 1. The summed E-state index contributed by atoms with van der Waals surface area (Å²) in [5.41, 5.74) is -1.79. The number of nitrogens with zero attached hydrogens (tertiary/aromatic N) is 1. The highest BCUT2D eigenvalue weighted by atomic mass is 19.4. The minimum absolute atomic E-state index is 0.291. The van der Waals surface area contributed by atoms with Gasteiger partial charge in [0.2, 0.25) is 0 Å². The normalized spacial score (nSPS) is 16.2. The van der Waals surface area contributed by atoms with E-state index < -0.39 is 41.0 Å². The molecular formula is C14H13F4NO3. The summed E-state index contributed by atoms with van der Waals surface area (Å²) in [4.78, 5) is 24.4. The van der Waals surface area contributed by atoms with Crippen LogP contribution in [0, 0.1) is 5.82 Å². The summed E-state index contributed by atoms with van der Waals surface area (Å²) in [5, 5.41) is 9.02. The molecule has 0 radical (unpaired) electrons. The van der Waals surface area contributed by atoms with Crippen molar-refractivity contribution in [3.8, 4) is 0 Å².